The summed E-state index contributed by atoms with van der Waals surface area (Å²) in [6.45, 7) is 2.96. The van der Waals surface area contributed by atoms with E-state index in [1.807, 2.05) is 43.3 Å². The summed E-state index contributed by atoms with van der Waals surface area (Å²) in [6, 6.07) is 18.9. The first kappa shape index (κ1) is 25.9. The first-order chi connectivity index (χ1) is 18.4. The van der Waals surface area contributed by atoms with E-state index in [1.165, 1.54) is 0 Å². The first-order valence-electron chi connectivity index (χ1n) is 12.6. The van der Waals surface area contributed by atoms with Gasteiger partial charge in [0.1, 0.15) is 11.8 Å². The van der Waals surface area contributed by atoms with Crippen LogP contribution in [0.4, 0.5) is 0 Å². The molecule has 1 aromatic heterocycles. The van der Waals surface area contributed by atoms with Gasteiger partial charge in [-0.1, -0.05) is 41.9 Å². The van der Waals surface area contributed by atoms with Gasteiger partial charge in [-0.3, -0.25) is 24.3 Å². The summed E-state index contributed by atoms with van der Waals surface area (Å²) in [5.74, 6) is -0.679. The Morgan fingerprint density at radius 1 is 1.03 bits per heavy atom. The van der Waals surface area contributed by atoms with Crippen molar-refractivity contribution in [3.8, 4) is 0 Å². The lowest BCUT2D eigenvalue weighted by molar-refractivity contribution is -0.128. The number of aromatic nitrogens is 1. The molecule has 2 aliphatic heterocycles. The van der Waals surface area contributed by atoms with Crippen LogP contribution in [0.15, 0.2) is 72.9 Å². The Labute approximate surface area is 226 Å². The summed E-state index contributed by atoms with van der Waals surface area (Å²) in [4.78, 5) is 48.0. The molecule has 1 spiro atoms. The lowest BCUT2D eigenvalue weighted by Gasteiger charge is -2.44. The van der Waals surface area contributed by atoms with Crippen molar-refractivity contribution >= 4 is 29.3 Å². The van der Waals surface area contributed by atoms with Gasteiger partial charge >= 0.3 is 0 Å². The van der Waals surface area contributed by atoms with E-state index in [0.29, 0.717) is 42.1 Å². The molecule has 1 atom stereocenters. The second-order valence-corrected chi connectivity index (χ2v) is 10.0. The Bertz CT molecular complexity index is 1340. The normalized spacial score (nSPS) is 18.4. The molecule has 3 heterocycles. The summed E-state index contributed by atoms with van der Waals surface area (Å²) in [5, 5.41) is 3.41. The van der Waals surface area contributed by atoms with Crippen LogP contribution < -0.4 is 5.32 Å². The van der Waals surface area contributed by atoms with Crippen molar-refractivity contribution in [3.63, 3.8) is 0 Å². The summed E-state index contributed by atoms with van der Waals surface area (Å²) in [7, 11) is 0. The Hall–Kier alpha value is -3.75. The summed E-state index contributed by atoms with van der Waals surface area (Å²) < 4.78 is 6.28. The SMILES string of the molecule is Cc1ccccc1C(=O)N1[C@H](C(=O)NCc2ccccn2)COC12CCN(C(=O)c1cccc(Cl)c1)CC2. The molecule has 38 heavy (non-hydrogen) atoms. The Balaban J connectivity index is 1.37. The Morgan fingerprint density at radius 2 is 1.79 bits per heavy atom. The lowest BCUT2D eigenvalue weighted by atomic mass is 9.95. The van der Waals surface area contributed by atoms with Gasteiger partial charge < -0.3 is 15.0 Å². The number of hydrogen-bond acceptors (Lipinski definition) is 5. The number of pyridine rings is 1. The third kappa shape index (κ3) is 5.14. The molecule has 0 radical (unpaired) electrons. The van der Waals surface area contributed by atoms with E-state index < -0.39 is 11.8 Å². The molecule has 0 bridgehead atoms. The molecule has 196 valence electrons. The highest BCUT2D eigenvalue weighted by Crippen LogP contribution is 2.39. The molecule has 3 amide bonds. The van der Waals surface area contributed by atoms with E-state index in [9.17, 15) is 14.4 Å². The number of nitrogens with one attached hydrogen (secondary N) is 1. The van der Waals surface area contributed by atoms with E-state index in [0.717, 1.165) is 11.3 Å². The molecule has 0 saturated carbocycles. The fourth-order valence-corrected chi connectivity index (χ4v) is 5.36. The molecular formula is C29H29ClN4O4. The van der Waals surface area contributed by atoms with Crippen molar-refractivity contribution in [1.29, 1.82) is 0 Å². The lowest BCUT2D eigenvalue weighted by Crippen LogP contribution is -2.59. The summed E-state index contributed by atoms with van der Waals surface area (Å²) in [5.41, 5.74) is 1.59. The molecule has 0 aliphatic carbocycles. The number of hydrogen-bond donors (Lipinski definition) is 1. The smallest absolute Gasteiger partial charge is 0.257 e. The number of carbonyl (C=O) groups excluding carboxylic acids is 3. The Morgan fingerprint density at radius 3 is 2.50 bits per heavy atom. The molecule has 9 heteroatoms. The van der Waals surface area contributed by atoms with Gasteiger partial charge in [0.05, 0.1) is 18.8 Å². The van der Waals surface area contributed by atoms with E-state index in [4.69, 9.17) is 16.3 Å². The van der Waals surface area contributed by atoms with Crippen molar-refractivity contribution in [2.75, 3.05) is 19.7 Å². The maximum Gasteiger partial charge on any atom is 0.257 e. The number of halogens is 1. The van der Waals surface area contributed by atoms with Crippen LogP contribution in [0.25, 0.3) is 0 Å². The number of piperidine rings is 1. The Kier molecular flexibility index (Phi) is 7.44. The fourth-order valence-electron chi connectivity index (χ4n) is 5.17. The highest BCUT2D eigenvalue weighted by atomic mass is 35.5. The van der Waals surface area contributed by atoms with Gasteiger partial charge in [0.2, 0.25) is 5.91 Å². The van der Waals surface area contributed by atoms with Crippen molar-refractivity contribution in [1.82, 2.24) is 20.1 Å². The number of ether oxygens (including phenoxy) is 1. The van der Waals surface area contributed by atoms with Gasteiger partial charge in [0, 0.05) is 48.3 Å². The van der Waals surface area contributed by atoms with Crippen LogP contribution >= 0.6 is 11.6 Å². The summed E-state index contributed by atoms with van der Waals surface area (Å²) in [6.07, 6.45) is 2.45. The minimum Gasteiger partial charge on any atom is -0.353 e. The number of amides is 3. The van der Waals surface area contributed by atoms with Crippen LogP contribution in [0.1, 0.15) is 44.8 Å². The van der Waals surface area contributed by atoms with Crippen LogP contribution in [-0.4, -0.2) is 64.0 Å². The van der Waals surface area contributed by atoms with Crippen LogP contribution in [0.2, 0.25) is 5.02 Å². The third-order valence-corrected chi connectivity index (χ3v) is 7.47. The molecule has 2 aliphatic rings. The average Bonchev–Trinajstić information content (AvgIpc) is 3.30. The second-order valence-electron chi connectivity index (χ2n) is 9.60. The molecular weight excluding hydrogens is 504 g/mol. The maximum absolute atomic E-state index is 14.0. The van der Waals surface area contributed by atoms with E-state index in [1.54, 1.807) is 46.3 Å². The van der Waals surface area contributed by atoms with Crippen molar-refractivity contribution in [2.24, 2.45) is 0 Å². The number of aryl methyl sites for hydroxylation is 1. The topological polar surface area (TPSA) is 91.8 Å². The molecule has 3 aromatic rings. The number of benzene rings is 2. The first-order valence-corrected chi connectivity index (χ1v) is 13.0. The zero-order valence-corrected chi connectivity index (χ0v) is 21.9. The number of carbonyl (C=O) groups is 3. The van der Waals surface area contributed by atoms with Crippen molar-refractivity contribution in [3.05, 3.63) is 100 Å². The molecule has 8 nitrogen and oxygen atoms in total. The number of nitrogens with zero attached hydrogens (tertiary/aromatic N) is 3. The standard InChI is InChI=1S/C29H29ClN4O4/c1-20-7-2-3-11-24(20)28(37)34-25(26(35)32-18-23-10-4-5-14-31-23)19-38-29(34)12-15-33(16-13-29)27(36)21-8-6-9-22(30)17-21/h2-11,14,17,25H,12-13,15-16,18-19H2,1H3,(H,32,35)/t25-/m0/s1. The van der Waals surface area contributed by atoms with E-state index >= 15 is 0 Å². The number of likely N-dealkylation sites (tertiary alicyclic amines) is 1. The monoisotopic (exact) mass is 532 g/mol. The highest BCUT2D eigenvalue weighted by Gasteiger charge is 2.54. The van der Waals surface area contributed by atoms with Crippen LogP contribution in [0.3, 0.4) is 0 Å². The van der Waals surface area contributed by atoms with Gasteiger partial charge in [0.25, 0.3) is 11.8 Å². The highest BCUT2D eigenvalue weighted by molar-refractivity contribution is 6.30. The van der Waals surface area contributed by atoms with Crippen molar-refractivity contribution < 1.29 is 19.1 Å². The van der Waals surface area contributed by atoms with Crippen LogP contribution in [0.5, 0.6) is 0 Å². The predicted octanol–water partition coefficient (Wildman–Crippen LogP) is 3.83. The van der Waals surface area contributed by atoms with Crippen molar-refractivity contribution in [2.45, 2.75) is 38.1 Å². The molecule has 0 unspecified atom stereocenters. The number of rotatable bonds is 5. The minimum atomic E-state index is -0.989. The average molecular weight is 533 g/mol. The third-order valence-electron chi connectivity index (χ3n) is 7.23. The quantitative estimate of drug-likeness (QED) is 0.539. The maximum atomic E-state index is 14.0. The fraction of sp³-hybridized carbons (Fsp3) is 0.310. The zero-order valence-electron chi connectivity index (χ0n) is 21.1. The zero-order chi connectivity index (χ0) is 26.7. The molecule has 5 rings (SSSR count). The van der Waals surface area contributed by atoms with E-state index in [2.05, 4.69) is 10.3 Å². The van der Waals surface area contributed by atoms with E-state index in [-0.39, 0.29) is 30.9 Å². The predicted molar refractivity (Wildman–Crippen MR) is 142 cm³/mol. The van der Waals surface area contributed by atoms with Crippen LogP contribution in [-0.2, 0) is 16.1 Å². The van der Waals surface area contributed by atoms with Gasteiger partial charge in [-0.15, -0.1) is 0 Å². The van der Waals surface area contributed by atoms with Gasteiger partial charge in [-0.05, 0) is 48.9 Å². The van der Waals surface area contributed by atoms with Crippen LogP contribution in [0, 0.1) is 6.92 Å². The second kappa shape index (κ2) is 10.9. The van der Waals surface area contributed by atoms with Gasteiger partial charge in [-0.25, -0.2) is 0 Å². The largest absolute Gasteiger partial charge is 0.353 e. The van der Waals surface area contributed by atoms with Gasteiger partial charge in [-0.2, -0.15) is 0 Å². The summed E-state index contributed by atoms with van der Waals surface area (Å²) >= 11 is 6.09. The van der Waals surface area contributed by atoms with Gasteiger partial charge in [0.15, 0.2) is 0 Å². The molecule has 2 fully saturated rings. The minimum absolute atomic E-state index is 0.0773. The molecule has 2 aromatic carbocycles. The molecule has 2 saturated heterocycles. The molecule has 1 N–H and O–H groups in total.